The molecule has 1 aromatic heterocycles. The quantitative estimate of drug-likeness (QED) is 0.310. The van der Waals surface area contributed by atoms with E-state index in [1.807, 2.05) is 67.6 Å². The summed E-state index contributed by atoms with van der Waals surface area (Å²) < 4.78 is 8.26. The van der Waals surface area contributed by atoms with Crippen molar-refractivity contribution >= 4 is 27.5 Å². The molecule has 1 amide bonds. The zero-order valence-electron chi connectivity index (χ0n) is 17.1. The van der Waals surface area contributed by atoms with E-state index in [-0.39, 0.29) is 5.91 Å². The van der Waals surface area contributed by atoms with Gasteiger partial charge in [0.05, 0.1) is 15.9 Å². The molecule has 9 heteroatoms. The highest BCUT2D eigenvalue weighted by Crippen LogP contribution is 2.24. The first kappa shape index (κ1) is 21.4. The highest BCUT2D eigenvalue weighted by atomic mass is 79.9. The van der Waals surface area contributed by atoms with Crippen LogP contribution in [0.5, 0.6) is 5.75 Å². The Morgan fingerprint density at radius 1 is 1.06 bits per heavy atom. The van der Waals surface area contributed by atoms with Crippen LogP contribution in [0.25, 0.3) is 5.69 Å². The molecule has 1 N–H and O–H groups in total. The van der Waals surface area contributed by atoms with Gasteiger partial charge in [0.25, 0.3) is 5.91 Å². The number of hydrazone groups is 1. The van der Waals surface area contributed by atoms with Crippen LogP contribution in [0.2, 0.25) is 0 Å². The Morgan fingerprint density at radius 3 is 2.69 bits per heavy atom. The monoisotopic (exact) mass is 490 g/mol. The second kappa shape index (κ2) is 9.97. The maximum atomic E-state index is 12.6. The Hall–Kier alpha value is -3.85. The van der Waals surface area contributed by atoms with Gasteiger partial charge in [0.2, 0.25) is 0 Å². The molecule has 0 fully saturated rings. The van der Waals surface area contributed by atoms with Gasteiger partial charge in [-0.3, -0.25) is 4.79 Å². The van der Waals surface area contributed by atoms with E-state index in [2.05, 4.69) is 42.0 Å². The number of benzene rings is 3. The molecule has 32 heavy (non-hydrogen) atoms. The van der Waals surface area contributed by atoms with Gasteiger partial charge in [-0.15, -0.1) is 5.10 Å². The van der Waals surface area contributed by atoms with Crippen molar-refractivity contribution in [3.8, 4) is 11.4 Å². The van der Waals surface area contributed by atoms with Crippen LogP contribution in [0.4, 0.5) is 0 Å². The van der Waals surface area contributed by atoms with Crippen molar-refractivity contribution in [1.82, 2.24) is 25.6 Å². The van der Waals surface area contributed by atoms with Gasteiger partial charge < -0.3 is 4.74 Å². The van der Waals surface area contributed by atoms with Crippen LogP contribution in [-0.2, 0) is 6.61 Å². The summed E-state index contributed by atoms with van der Waals surface area (Å²) in [4.78, 5) is 12.6. The second-order valence-corrected chi connectivity index (χ2v) is 7.72. The number of hydrogen-bond donors (Lipinski definition) is 1. The maximum absolute atomic E-state index is 12.6. The molecule has 0 radical (unpaired) electrons. The average Bonchev–Trinajstić information content (AvgIpc) is 3.37. The lowest BCUT2D eigenvalue weighted by atomic mass is 10.1. The normalized spacial score (nSPS) is 11.2. The van der Waals surface area contributed by atoms with Gasteiger partial charge in [0.1, 0.15) is 18.7 Å². The van der Waals surface area contributed by atoms with Crippen LogP contribution in [-0.4, -0.2) is 31.8 Å². The van der Waals surface area contributed by atoms with Gasteiger partial charge in [-0.25, -0.2) is 10.1 Å². The van der Waals surface area contributed by atoms with Gasteiger partial charge >= 0.3 is 0 Å². The molecule has 0 aliphatic carbocycles. The number of tetrazole rings is 1. The molecular weight excluding hydrogens is 472 g/mol. The molecule has 3 aromatic carbocycles. The summed E-state index contributed by atoms with van der Waals surface area (Å²) in [5, 5.41) is 15.4. The Bertz CT molecular complexity index is 1260. The number of nitrogens with one attached hydrogen (secondary N) is 1. The number of ether oxygens (including phenoxy) is 1. The van der Waals surface area contributed by atoms with E-state index in [4.69, 9.17) is 4.74 Å². The first-order valence-electron chi connectivity index (χ1n) is 9.75. The van der Waals surface area contributed by atoms with Gasteiger partial charge in [-0.2, -0.15) is 5.10 Å². The summed E-state index contributed by atoms with van der Waals surface area (Å²) in [7, 11) is 0. The minimum atomic E-state index is -0.302. The van der Waals surface area contributed by atoms with Crippen LogP contribution >= 0.6 is 15.9 Å². The van der Waals surface area contributed by atoms with Crippen molar-refractivity contribution < 1.29 is 9.53 Å². The summed E-state index contributed by atoms with van der Waals surface area (Å²) in [6, 6.07) is 22.4. The molecule has 1 heterocycles. The molecule has 0 unspecified atom stereocenters. The van der Waals surface area contributed by atoms with Gasteiger partial charge in [0, 0.05) is 5.56 Å². The van der Waals surface area contributed by atoms with E-state index in [1.54, 1.807) is 16.8 Å². The Balaban J connectivity index is 1.41. The summed E-state index contributed by atoms with van der Waals surface area (Å²) in [6.45, 7) is 2.16. The standard InChI is InChI=1S/C23H19BrN6O2/c1-16(18-7-5-9-20(13-18)30-15-25-28-29-30)26-27-23(31)19-8-4-6-17(12-19)14-32-22-11-3-2-10-21(22)24/h2-13,15H,14H2,1H3,(H,27,31). The molecule has 8 nitrogen and oxygen atoms in total. The second-order valence-electron chi connectivity index (χ2n) is 6.86. The molecule has 0 saturated carbocycles. The number of para-hydroxylation sites is 1. The predicted octanol–water partition coefficient (Wildman–Crippen LogP) is 4.16. The molecule has 0 saturated heterocycles. The molecular formula is C23H19BrN6O2. The first-order valence-corrected chi connectivity index (χ1v) is 10.5. The minimum Gasteiger partial charge on any atom is -0.488 e. The van der Waals surface area contributed by atoms with Gasteiger partial charge in [-0.1, -0.05) is 36.4 Å². The third-order valence-electron chi connectivity index (χ3n) is 4.62. The van der Waals surface area contributed by atoms with E-state index >= 15 is 0 Å². The first-order chi connectivity index (χ1) is 15.6. The topological polar surface area (TPSA) is 94.3 Å². The highest BCUT2D eigenvalue weighted by molar-refractivity contribution is 9.10. The van der Waals surface area contributed by atoms with Crippen molar-refractivity contribution in [3.63, 3.8) is 0 Å². The van der Waals surface area contributed by atoms with Crippen LogP contribution in [0, 0.1) is 0 Å². The number of amides is 1. The van der Waals surface area contributed by atoms with E-state index in [9.17, 15) is 4.79 Å². The molecule has 0 spiro atoms. The molecule has 0 bridgehead atoms. The lowest BCUT2D eigenvalue weighted by Crippen LogP contribution is -2.19. The molecule has 0 aliphatic heterocycles. The summed E-state index contributed by atoms with van der Waals surface area (Å²) in [5.74, 6) is 0.440. The summed E-state index contributed by atoms with van der Waals surface area (Å²) in [6.07, 6.45) is 1.51. The van der Waals surface area contributed by atoms with Crippen molar-refractivity contribution in [2.24, 2.45) is 5.10 Å². The van der Waals surface area contributed by atoms with Crippen molar-refractivity contribution in [2.75, 3.05) is 0 Å². The maximum Gasteiger partial charge on any atom is 0.271 e. The zero-order valence-corrected chi connectivity index (χ0v) is 18.7. The number of aromatic nitrogens is 4. The van der Waals surface area contributed by atoms with Crippen molar-refractivity contribution in [3.05, 3.63) is 100 Å². The number of carbonyl (C=O) groups is 1. The minimum absolute atomic E-state index is 0.302. The SMILES string of the molecule is CC(=NNC(=O)c1cccc(COc2ccccc2Br)c1)c1cccc(-n2cnnn2)c1. The molecule has 4 aromatic rings. The smallest absolute Gasteiger partial charge is 0.271 e. The average molecular weight is 491 g/mol. The lowest BCUT2D eigenvalue weighted by molar-refractivity contribution is 0.0954. The number of nitrogens with zero attached hydrogens (tertiary/aromatic N) is 5. The summed E-state index contributed by atoms with van der Waals surface area (Å²) in [5.41, 5.74) is 6.28. The molecule has 0 aliphatic rings. The largest absolute Gasteiger partial charge is 0.488 e. The van der Waals surface area contributed by atoms with Gasteiger partial charge in [0.15, 0.2) is 0 Å². The fraction of sp³-hybridized carbons (Fsp3) is 0.0870. The van der Waals surface area contributed by atoms with Crippen LogP contribution < -0.4 is 10.2 Å². The van der Waals surface area contributed by atoms with E-state index < -0.39 is 0 Å². The van der Waals surface area contributed by atoms with Crippen molar-refractivity contribution in [2.45, 2.75) is 13.5 Å². The number of rotatable bonds is 7. The zero-order chi connectivity index (χ0) is 22.3. The van der Waals surface area contributed by atoms with Crippen LogP contribution in [0.3, 0.4) is 0 Å². The predicted molar refractivity (Wildman–Crippen MR) is 124 cm³/mol. The fourth-order valence-electron chi connectivity index (χ4n) is 2.94. The number of carbonyl (C=O) groups excluding carboxylic acids is 1. The Kier molecular flexibility index (Phi) is 6.66. The fourth-order valence-corrected chi connectivity index (χ4v) is 3.34. The molecule has 4 rings (SSSR count). The van der Waals surface area contributed by atoms with Crippen LogP contribution in [0.15, 0.2) is 88.7 Å². The van der Waals surface area contributed by atoms with E-state index in [0.29, 0.717) is 17.9 Å². The van der Waals surface area contributed by atoms with Crippen LogP contribution in [0.1, 0.15) is 28.4 Å². The molecule has 0 atom stereocenters. The number of halogens is 1. The summed E-state index contributed by atoms with van der Waals surface area (Å²) >= 11 is 3.46. The highest BCUT2D eigenvalue weighted by Gasteiger charge is 2.08. The Morgan fingerprint density at radius 2 is 1.88 bits per heavy atom. The lowest BCUT2D eigenvalue weighted by Gasteiger charge is -2.09. The van der Waals surface area contributed by atoms with E-state index in [1.165, 1.54) is 6.33 Å². The molecule has 160 valence electrons. The van der Waals surface area contributed by atoms with E-state index in [0.717, 1.165) is 27.0 Å². The Labute approximate surface area is 193 Å². The third kappa shape index (κ3) is 5.25. The third-order valence-corrected chi connectivity index (χ3v) is 5.28. The van der Waals surface area contributed by atoms with Gasteiger partial charge in [-0.05, 0) is 80.8 Å². The van der Waals surface area contributed by atoms with Crippen molar-refractivity contribution in [1.29, 1.82) is 0 Å². The number of hydrogen-bond acceptors (Lipinski definition) is 6.